The number of hydrogen-bond donors (Lipinski definition) is 0. The van der Waals surface area contributed by atoms with E-state index in [1.807, 2.05) is 51.0 Å². The SMILES string of the molecule is Cc1cn(Cc2cnc(C)c3c2COC(C)(C)O3)cn1. The van der Waals surface area contributed by atoms with E-state index in [2.05, 4.69) is 9.97 Å². The van der Waals surface area contributed by atoms with E-state index in [1.54, 1.807) is 0 Å². The van der Waals surface area contributed by atoms with E-state index in [1.165, 1.54) is 0 Å². The zero-order valence-electron chi connectivity index (χ0n) is 12.3. The molecule has 20 heavy (non-hydrogen) atoms. The number of nitrogens with zero attached hydrogens (tertiary/aromatic N) is 3. The van der Waals surface area contributed by atoms with Crippen molar-refractivity contribution in [2.45, 2.75) is 46.6 Å². The van der Waals surface area contributed by atoms with Crippen molar-refractivity contribution in [2.75, 3.05) is 0 Å². The van der Waals surface area contributed by atoms with Gasteiger partial charge in [-0.2, -0.15) is 0 Å². The summed E-state index contributed by atoms with van der Waals surface area (Å²) in [7, 11) is 0. The van der Waals surface area contributed by atoms with Crippen LogP contribution in [0.3, 0.4) is 0 Å². The third-order valence-corrected chi connectivity index (χ3v) is 3.43. The summed E-state index contributed by atoms with van der Waals surface area (Å²) < 4.78 is 13.7. The number of imidazole rings is 1. The Labute approximate surface area is 118 Å². The lowest BCUT2D eigenvalue weighted by Gasteiger charge is -2.34. The van der Waals surface area contributed by atoms with Crippen LogP contribution in [-0.4, -0.2) is 20.3 Å². The van der Waals surface area contributed by atoms with Gasteiger partial charge in [0, 0.05) is 31.8 Å². The van der Waals surface area contributed by atoms with Gasteiger partial charge in [0.15, 0.2) is 0 Å². The summed E-state index contributed by atoms with van der Waals surface area (Å²) in [6.45, 7) is 9.06. The highest BCUT2D eigenvalue weighted by Crippen LogP contribution is 2.35. The minimum atomic E-state index is -0.594. The van der Waals surface area contributed by atoms with Crippen molar-refractivity contribution in [3.05, 3.63) is 41.2 Å². The first-order valence-corrected chi connectivity index (χ1v) is 6.73. The van der Waals surface area contributed by atoms with Crippen LogP contribution in [0.15, 0.2) is 18.7 Å². The highest BCUT2D eigenvalue weighted by atomic mass is 16.7. The van der Waals surface area contributed by atoms with E-state index in [0.717, 1.165) is 34.8 Å². The Hall–Kier alpha value is -1.88. The van der Waals surface area contributed by atoms with Crippen molar-refractivity contribution in [3.63, 3.8) is 0 Å². The van der Waals surface area contributed by atoms with Crippen LogP contribution in [0, 0.1) is 13.8 Å². The second-order valence-electron chi connectivity index (χ2n) is 5.65. The molecule has 2 aromatic heterocycles. The average Bonchev–Trinajstić information content (AvgIpc) is 2.78. The van der Waals surface area contributed by atoms with Crippen molar-refractivity contribution in [1.29, 1.82) is 0 Å². The van der Waals surface area contributed by atoms with Gasteiger partial charge in [0.05, 0.1) is 30.9 Å². The van der Waals surface area contributed by atoms with E-state index < -0.39 is 5.79 Å². The maximum atomic E-state index is 5.92. The first kappa shape index (κ1) is 13.1. The van der Waals surface area contributed by atoms with Crippen molar-refractivity contribution >= 4 is 0 Å². The molecular formula is C15H19N3O2. The molecule has 0 amide bonds. The minimum absolute atomic E-state index is 0.550. The lowest BCUT2D eigenvalue weighted by molar-refractivity contribution is -0.180. The third-order valence-electron chi connectivity index (χ3n) is 3.43. The summed E-state index contributed by atoms with van der Waals surface area (Å²) in [4.78, 5) is 8.69. The Morgan fingerprint density at radius 1 is 1.30 bits per heavy atom. The molecular weight excluding hydrogens is 254 g/mol. The largest absolute Gasteiger partial charge is 0.461 e. The second-order valence-corrected chi connectivity index (χ2v) is 5.65. The smallest absolute Gasteiger partial charge is 0.205 e. The monoisotopic (exact) mass is 273 g/mol. The van der Waals surface area contributed by atoms with Crippen molar-refractivity contribution < 1.29 is 9.47 Å². The molecule has 0 radical (unpaired) electrons. The number of aromatic nitrogens is 3. The lowest BCUT2D eigenvalue weighted by Crippen LogP contribution is -2.36. The molecule has 0 saturated heterocycles. The van der Waals surface area contributed by atoms with Gasteiger partial charge >= 0.3 is 0 Å². The van der Waals surface area contributed by atoms with Gasteiger partial charge in [-0.15, -0.1) is 0 Å². The van der Waals surface area contributed by atoms with Crippen LogP contribution in [0.5, 0.6) is 5.75 Å². The van der Waals surface area contributed by atoms with Gasteiger partial charge in [0.1, 0.15) is 5.75 Å². The number of pyridine rings is 1. The van der Waals surface area contributed by atoms with Crippen LogP contribution < -0.4 is 4.74 Å². The number of aryl methyl sites for hydroxylation is 2. The van der Waals surface area contributed by atoms with Gasteiger partial charge < -0.3 is 14.0 Å². The third kappa shape index (κ3) is 2.41. The quantitative estimate of drug-likeness (QED) is 0.844. The maximum Gasteiger partial charge on any atom is 0.205 e. The predicted molar refractivity (Wildman–Crippen MR) is 74.5 cm³/mol. The average molecular weight is 273 g/mol. The minimum Gasteiger partial charge on any atom is -0.461 e. The number of fused-ring (bicyclic) bond motifs is 1. The van der Waals surface area contributed by atoms with Crippen LogP contribution in [0.4, 0.5) is 0 Å². The van der Waals surface area contributed by atoms with Gasteiger partial charge in [0.25, 0.3) is 0 Å². The van der Waals surface area contributed by atoms with E-state index in [-0.39, 0.29) is 0 Å². The maximum absolute atomic E-state index is 5.92. The number of rotatable bonds is 2. The number of ether oxygens (including phenoxy) is 2. The molecule has 3 heterocycles. The molecule has 5 heteroatoms. The fourth-order valence-electron chi connectivity index (χ4n) is 2.38. The lowest BCUT2D eigenvalue weighted by atomic mass is 10.1. The topological polar surface area (TPSA) is 49.2 Å². The summed E-state index contributed by atoms with van der Waals surface area (Å²) in [5.41, 5.74) is 4.11. The van der Waals surface area contributed by atoms with E-state index in [0.29, 0.717) is 6.61 Å². The van der Waals surface area contributed by atoms with Gasteiger partial charge in [-0.3, -0.25) is 4.98 Å². The van der Waals surface area contributed by atoms with Crippen LogP contribution in [0.1, 0.15) is 36.4 Å². The normalized spacial score (nSPS) is 16.6. The fraction of sp³-hybridized carbons (Fsp3) is 0.467. The van der Waals surface area contributed by atoms with Gasteiger partial charge in [-0.05, 0) is 19.4 Å². The Balaban J connectivity index is 1.97. The highest BCUT2D eigenvalue weighted by Gasteiger charge is 2.30. The molecule has 1 aliphatic rings. The van der Waals surface area contributed by atoms with Gasteiger partial charge in [-0.1, -0.05) is 0 Å². The summed E-state index contributed by atoms with van der Waals surface area (Å²) in [6.07, 6.45) is 5.74. The zero-order valence-corrected chi connectivity index (χ0v) is 12.3. The molecule has 0 fully saturated rings. The molecule has 0 N–H and O–H groups in total. The van der Waals surface area contributed by atoms with Crippen molar-refractivity contribution in [1.82, 2.24) is 14.5 Å². The molecule has 2 aromatic rings. The Morgan fingerprint density at radius 2 is 2.10 bits per heavy atom. The predicted octanol–water partition coefficient (Wildman–Crippen LogP) is 2.59. The molecule has 5 nitrogen and oxygen atoms in total. The molecule has 0 aromatic carbocycles. The molecule has 1 aliphatic heterocycles. The van der Waals surface area contributed by atoms with Crippen LogP contribution >= 0.6 is 0 Å². The molecule has 0 aliphatic carbocycles. The van der Waals surface area contributed by atoms with Crippen LogP contribution in [-0.2, 0) is 17.9 Å². The number of hydrogen-bond acceptors (Lipinski definition) is 4. The van der Waals surface area contributed by atoms with Gasteiger partial charge in [-0.25, -0.2) is 4.98 Å². The summed E-state index contributed by atoms with van der Waals surface area (Å²) in [5.74, 6) is 0.263. The summed E-state index contributed by atoms with van der Waals surface area (Å²) >= 11 is 0. The molecule has 3 rings (SSSR count). The van der Waals surface area contributed by atoms with Crippen LogP contribution in [0.25, 0.3) is 0 Å². The zero-order chi connectivity index (χ0) is 14.3. The van der Waals surface area contributed by atoms with Crippen molar-refractivity contribution in [3.8, 4) is 5.75 Å². The summed E-state index contributed by atoms with van der Waals surface area (Å²) in [6, 6.07) is 0. The van der Waals surface area contributed by atoms with E-state index >= 15 is 0 Å². The molecule has 0 bridgehead atoms. The fourth-order valence-corrected chi connectivity index (χ4v) is 2.38. The van der Waals surface area contributed by atoms with E-state index in [4.69, 9.17) is 9.47 Å². The standard InChI is InChI=1S/C15H19N3O2/c1-10-6-18(9-17-10)7-12-5-16-11(2)14-13(12)8-19-15(3,4)20-14/h5-6,9H,7-8H2,1-4H3. The molecule has 0 atom stereocenters. The Morgan fingerprint density at radius 3 is 2.80 bits per heavy atom. The van der Waals surface area contributed by atoms with Crippen LogP contribution in [0.2, 0.25) is 0 Å². The first-order chi connectivity index (χ1) is 9.44. The van der Waals surface area contributed by atoms with Gasteiger partial charge in [0.2, 0.25) is 5.79 Å². The molecule has 106 valence electrons. The molecule has 0 unspecified atom stereocenters. The van der Waals surface area contributed by atoms with E-state index in [9.17, 15) is 0 Å². The second kappa shape index (κ2) is 4.59. The Bertz CT molecular complexity index is 647. The molecule has 0 spiro atoms. The summed E-state index contributed by atoms with van der Waals surface area (Å²) in [5, 5.41) is 0. The first-order valence-electron chi connectivity index (χ1n) is 6.73. The van der Waals surface area contributed by atoms with Crippen molar-refractivity contribution in [2.24, 2.45) is 0 Å². The molecule has 0 saturated carbocycles. The highest BCUT2D eigenvalue weighted by molar-refractivity contribution is 5.43. The Kier molecular flexibility index (Phi) is 3.01.